The Bertz CT molecular complexity index is 761. The number of pyridine rings is 1. The van der Waals surface area contributed by atoms with Crippen molar-refractivity contribution in [1.82, 2.24) is 15.6 Å². The molecule has 140 valence electrons. The van der Waals surface area contributed by atoms with Crippen molar-refractivity contribution in [3.8, 4) is 0 Å². The number of aromatic nitrogens is 1. The number of piperidine rings is 1. The molecule has 2 aromatic rings. The minimum Gasteiger partial charge on any atom is -0.384 e. The fraction of sp³-hybridized carbons (Fsp3) is 0.524. The SMILES string of the molecule is COCC1(CNC(=O)c2cc(C(C)C)nc3ccccc23)CCNCC1. The second-order valence-corrected chi connectivity index (χ2v) is 7.63. The van der Waals surface area contributed by atoms with Gasteiger partial charge in [-0.05, 0) is 44.0 Å². The number of nitrogens with zero attached hydrogens (tertiary/aromatic N) is 1. The molecule has 0 unspecified atom stereocenters. The van der Waals surface area contributed by atoms with Gasteiger partial charge >= 0.3 is 0 Å². The minimum absolute atomic E-state index is 0.0133. The van der Waals surface area contributed by atoms with E-state index in [1.54, 1.807) is 7.11 Å². The molecule has 0 atom stereocenters. The Morgan fingerprint density at radius 3 is 2.73 bits per heavy atom. The van der Waals surface area contributed by atoms with Gasteiger partial charge in [0, 0.05) is 30.1 Å². The van der Waals surface area contributed by atoms with Gasteiger partial charge in [0.25, 0.3) is 5.91 Å². The molecule has 1 aliphatic rings. The van der Waals surface area contributed by atoms with Gasteiger partial charge in [-0.25, -0.2) is 0 Å². The van der Waals surface area contributed by atoms with Gasteiger partial charge < -0.3 is 15.4 Å². The molecule has 2 N–H and O–H groups in total. The van der Waals surface area contributed by atoms with Crippen LogP contribution in [0.5, 0.6) is 0 Å². The molecule has 0 radical (unpaired) electrons. The zero-order valence-corrected chi connectivity index (χ0v) is 16.0. The molecule has 1 aromatic carbocycles. The first-order chi connectivity index (χ1) is 12.5. The number of nitrogens with one attached hydrogen (secondary N) is 2. The maximum absolute atomic E-state index is 13.0. The summed E-state index contributed by atoms with van der Waals surface area (Å²) in [7, 11) is 1.73. The van der Waals surface area contributed by atoms with Gasteiger partial charge in [-0.15, -0.1) is 0 Å². The van der Waals surface area contributed by atoms with Crippen LogP contribution in [0.3, 0.4) is 0 Å². The summed E-state index contributed by atoms with van der Waals surface area (Å²) in [4.78, 5) is 17.7. The van der Waals surface area contributed by atoms with E-state index in [1.165, 1.54) is 0 Å². The van der Waals surface area contributed by atoms with Crippen molar-refractivity contribution in [2.24, 2.45) is 5.41 Å². The normalized spacial score (nSPS) is 16.8. The zero-order chi connectivity index (χ0) is 18.6. The Hall–Kier alpha value is -1.98. The molecule has 1 fully saturated rings. The first kappa shape index (κ1) is 18.8. The molecule has 0 saturated carbocycles. The van der Waals surface area contributed by atoms with Crippen molar-refractivity contribution in [3.63, 3.8) is 0 Å². The second kappa shape index (κ2) is 8.14. The van der Waals surface area contributed by atoms with Crippen LogP contribution in [0.1, 0.15) is 48.7 Å². The number of methoxy groups -OCH3 is 1. The predicted molar refractivity (Wildman–Crippen MR) is 105 cm³/mol. The van der Waals surface area contributed by atoms with Crippen molar-refractivity contribution in [3.05, 3.63) is 41.6 Å². The summed E-state index contributed by atoms with van der Waals surface area (Å²) in [5.74, 6) is 0.245. The van der Waals surface area contributed by atoms with E-state index in [9.17, 15) is 4.79 Å². The van der Waals surface area contributed by atoms with Gasteiger partial charge in [-0.1, -0.05) is 32.0 Å². The number of rotatable bonds is 6. The molecule has 1 aromatic heterocycles. The van der Waals surface area contributed by atoms with Crippen LogP contribution in [0.4, 0.5) is 0 Å². The van der Waals surface area contributed by atoms with E-state index in [1.807, 2.05) is 30.3 Å². The summed E-state index contributed by atoms with van der Waals surface area (Å²) in [5.41, 5.74) is 2.54. The van der Waals surface area contributed by atoms with Crippen LogP contribution < -0.4 is 10.6 Å². The lowest BCUT2D eigenvalue weighted by Crippen LogP contribution is -2.47. The molecule has 3 rings (SSSR count). The van der Waals surface area contributed by atoms with Crippen LogP contribution in [0.25, 0.3) is 10.9 Å². The van der Waals surface area contributed by atoms with E-state index in [0.29, 0.717) is 18.7 Å². The lowest BCUT2D eigenvalue weighted by molar-refractivity contribution is 0.0512. The van der Waals surface area contributed by atoms with Crippen LogP contribution in [0.15, 0.2) is 30.3 Å². The third-order valence-corrected chi connectivity index (χ3v) is 5.31. The highest BCUT2D eigenvalue weighted by molar-refractivity contribution is 6.06. The Morgan fingerprint density at radius 2 is 2.04 bits per heavy atom. The summed E-state index contributed by atoms with van der Waals surface area (Å²) in [5, 5.41) is 7.47. The summed E-state index contributed by atoms with van der Waals surface area (Å²) in [6.45, 7) is 7.44. The fourth-order valence-electron chi connectivity index (χ4n) is 3.68. The highest BCUT2D eigenvalue weighted by atomic mass is 16.5. The molecule has 2 heterocycles. The van der Waals surface area contributed by atoms with Crippen molar-refractivity contribution < 1.29 is 9.53 Å². The van der Waals surface area contributed by atoms with Gasteiger partial charge in [0.05, 0.1) is 17.7 Å². The number of para-hydroxylation sites is 1. The van der Waals surface area contributed by atoms with E-state index in [0.717, 1.165) is 42.5 Å². The van der Waals surface area contributed by atoms with Crippen molar-refractivity contribution in [2.45, 2.75) is 32.6 Å². The van der Waals surface area contributed by atoms with Gasteiger partial charge in [0.2, 0.25) is 0 Å². The van der Waals surface area contributed by atoms with E-state index in [-0.39, 0.29) is 17.2 Å². The summed E-state index contributed by atoms with van der Waals surface area (Å²) < 4.78 is 5.45. The highest BCUT2D eigenvalue weighted by Gasteiger charge is 2.32. The number of benzene rings is 1. The fourth-order valence-corrected chi connectivity index (χ4v) is 3.68. The summed E-state index contributed by atoms with van der Waals surface area (Å²) in [6, 6.07) is 9.79. The average Bonchev–Trinajstić information content (AvgIpc) is 2.66. The van der Waals surface area contributed by atoms with Crippen molar-refractivity contribution in [2.75, 3.05) is 33.4 Å². The van der Waals surface area contributed by atoms with Crippen molar-refractivity contribution >= 4 is 16.8 Å². The lowest BCUT2D eigenvalue weighted by atomic mass is 9.79. The smallest absolute Gasteiger partial charge is 0.252 e. The standard InChI is InChI=1S/C21H29N3O2/c1-15(2)19-12-17(16-6-4-5-7-18(16)24-19)20(25)23-13-21(14-26-3)8-10-22-11-9-21/h4-7,12,15,22H,8-11,13-14H2,1-3H3,(H,23,25). The summed E-state index contributed by atoms with van der Waals surface area (Å²) in [6.07, 6.45) is 2.02. The molecule has 26 heavy (non-hydrogen) atoms. The first-order valence-electron chi connectivity index (χ1n) is 9.42. The quantitative estimate of drug-likeness (QED) is 0.836. The monoisotopic (exact) mass is 355 g/mol. The first-order valence-corrected chi connectivity index (χ1v) is 9.42. The van der Waals surface area contributed by atoms with E-state index in [4.69, 9.17) is 9.72 Å². The Balaban J connectivity index is 1.85. The molecule has 1 saturated heterocycles. The predicted octanol–water partition coefficient (Wildman–Crippen LogP) is 3.10. The topological polar surface area (TPSA) is 63.2 Å². The van der Waals surface area contributed by atoms with E-state index >= 15 is 0 Å². The average molecular weight is 355 g/mol. The Morgan fingerprint density at radius 1 is 1.31 bits per heavy atom. The maximum Gasteiger partial charge on any atom is 0.252 e. The number of carbonyl (C=O) groups is 1. The van der Waals surface area contributed by atoms with Gasteiger partial charge in [0.1, 0.15) is 0 Å². The third-order valence-electron chi connectivity index (χ3n) is 5.31. The maximum atomic E-state index is 13.0. The minimum atomic E-state index is -0.0282. The molecule has 0 aliphatic carbocycles. The molecule has 1 amide bonds. The zero-order valence-electron chi connectivity index (χ0n) is 16.0. The molecular weight excluding hydrogens is 326 g/mol. The van der Waals surface area contributed by atoms with Crippen molar-refractivity contribution in [1.29, 1.82) is 0 Å². The largest absolute Gasteiger partial charge is 0.384 e. The van der Waals surface area contributed by atoms with Gasteiger partial charge in [0.15, 0.2) is 0 Å². The highest BCUT2D eigenvalue weighted by Crippen LogP contribution is 2.29. The number of carbonyl (C=O) groups excluding carboxylic acids is 1. The summed E-state index contributed by atoms with van der Waals surface area (Å²) >= 11 is 0. The molecule has 1 aliphatic heterocycles. The second-order valence-electron chi connectivity index (χ2n) is 7.63. The number of hydrogen-bond acceptors (Lipinski definition) is 4. The number of fused-ring (bicyclic) bond motifs is 1. The van der Waals surface area contributed by atoms with Gasteiger partial charge in [-0.3, -0.25) is 9.78 Å². The Labute approximate surface area is 155 Å². The molecule has 0 bridgehead atoms. The number of amides is 1. The van der Waals surface area contributed by atoms with E-state index < -0.39 is 0 Å². The molecular formula is C21H29N3O2. The van der Waals surface area contributed by atoms with Crippen LogP contribution >= 0.6 is 0 Å². The van der Waals surface area contributed by atoms with E-state index in [2.05, 4.69) is 24.5 Å². The number of ether oxygens (including phenoxy) is 1. The van der Waals surface area contributed by atoms with Crippen LogP contribution in [0.2, 0.25) is 0 Å². The molecule has 5 nitrogen and oxygen atoms in total. The molecule has 5 heteroatoms. The lowest BCUT2D eigenvalue weighted by Gasteiger charge is -2.37. The van der Waals surface area contributed by atoms with Crippen LogP contribution in [-0.4, -0.2) is 44.2 Å². The van der Waals surface area contributed by atoms with Crippen LogP contribution in [-0.2, 0) is 4.74 Å². The van der Waals surface area contributed by atoms with Crippen LogP contribution in [0, 0.1) is 5.41 Å². The number of hydrogen-bond donors (Lipinski definition) is 2. The molecule has 0 spiro atoms. The van der Waals surface area contributed by atoms with Gasteiger partial charge in [-0.2, -0.15) is 0 Å². The third kappa shape index (κ3) is 4.05. The Kier molecular flexibility index (Phi) is 5.89.